The van der Waals surface area contributed by atoms with Crippen molar-refractivity contribution in [3.8, 4) is 5.69 Å². The van der Waals surface area contributed by atoms with Gasteiger partial charge >= 0.3 is 6.18 Å². The summed E-state index contributed by atoms with van der Waals surface area (Å²) in [7, 11) is 0. The number of benzene rings is 2. The monoisotopic (exact) mass is 477 g/mol. The third-order valence-electron chi connectivity index (χ3n) is 4.80. The molecule has 2 aromatic carbocycles. The number of carbonyl (C=O) groups is 1. The molecule has 0 saturated carbocycles. The maximum absolute atomic E-state index is 13.5. The Hall–Kier alpha value is -2.72. The lowest BCUT2D eigenvalue weighted by Gasteiger charge is -2.17. The molecule has 166 valence electrons. The highest BCUT2D eigenvalue weighted by atomic mass is 32.2. The molecule has 4 rings (SSSR count). The standard InChI is InChI=1S/C22H18F3N3O2S2/c1-13-11-18(29)19(27-28(13)17-8-3-2-7-16(17)22(23,24)25)20(30)26-15-6-4-5-14(12-15)21-31-9-10-32-21/h2-8,11-12,21H,9-10H2,1H3,(H,26,30). The summed E-state index contributed by atoms with van der Waals surface area (Å²) in [5, 5.41) is 6.65. The van der Waals surface area contributed by atoms with E-state index >= 15 is 0 Å². The third-order valence-corrected chi connectivity index (χ3v) is 7.90. The minimum Gasteiger partial charge on any atom is -0.320 e. The molecule has 1 aromatic heterocycles. The summed E-state index contributed by atoms with van der Waals surface area (Å²) in [6, 6.07) is 13.3. The summed E-state index contributed by atoms with van der Waals surface area (Å²) in [5.74, 6) is 1.33. The highest BCUT2D eigenvalue weighted by molar-refractivity contribution is 8.19. The van der Waals surface area contributed by atoms with Gasteiger partial charge in [0, 0.05) is 29.0 Å². The molecule has 0 spiro atoms. The number of nitrogens with zero attached hydrogens (tertiary/aromatic N) is 2. The number of thioether (sulfide) groups is 2. The zero-order valence-electron chi connectivity index (χ0n) is 16.8. The van der Waals surface area contributed by atoms with Crippen LogP contribution in [0.3, 0.4) is 0 Å². The minimum absolute atomic E-state index is 0.181. The molecule has 32 heavy (non-hydrogen) atoms. The summed E-state index contributed by atoms with van der Waals surface area (Å²) in [6.45, 7) is 1.46. The van der Waals surface area contributed by atoms with Gasteiger partial charge in [0.1, 0.15) is 0 Å². The van der Waals surface area contributed by atoms with Crippen molar-refractivity contribution in [2.45, 2.75) is 17.7 Å². The number of aromatic nitrogens is 2. The minimum atomic E-state index is -4.62. The van der Waals surface area contributed by atoms with Crippen molar-refractivity contribution in [1.29, 1.82) is 0 Å². The fourth-order valence-electron chi connectivity index (χ4n) is 3.35. The molecule has 1 N–H and O–H groups in total. The highest BCUT2D eigenvalue weighted by Gasteiger charge is 2.34. The summed E-state index contributed by atoms with van der Waals surface area (Å²) in [4.78, 5) is 25.3. The Labute approximate surface area is 190 Å². The van der Waals surface area contributed by atoms with E-state index in [0.717, 1.165) is 33.9 Å². The van der Waals surface area contributed by atoms with Crippen molar-refractivity contribution < 1.29 is 18.0 Å². The number of para-hydroxylation sites is 1. The van der Waals surface area contributed by atoms with E-state index in [1.807, 2.05) is 41.7 Å². The molecule has 0 radical (unpaired) electrons. The van der Waals surface area contributed by atoms with Gasteiger partial charge in [-0.1, -0.05) is 24.3 Å². The van der Waals surface area contributed by atoms with Gasteiger partial charge < -0.3 is 5.32 Å². The van der Waals surface area contributed by atoms with Crippen molar-refractivity contribution in [1.82, 2.24) is 9.78 Å². The number of anilines is 1. The lowest BCUT2D eigenvalue weighted by molar-refractivity contribution is -0.137. The SMILES string of the molecule is Cc1cc(=O)c(C(=O)Nc2cccc(C3SCCS3)c2)nn1-c1ccccc1C(F)(F)F. The number of hydrogen-bond acceptors (Lipinski definition) is 5. The van der Waals surface area contributed by atoms with E-state index in [-0.39, 0.29) is 16.0 Å². The van der Waals surface area contributed by atoms with Crippen LogP contribution in [0.1, 0.15) is 31.9 Å². The van der Waals surface area contributed by atoms with Gasteiger partial charge in [0.2, 0.25) is 5.43 Å². The van der Waals surface area contributed by atoms with Crippen molar-refractivity contribution in [2.24, 2.45) is 0 Å². The number of amides is 1. The van der Waals surface area contributed by atoms with Gasteiger partial charge in [0.05, 0.1) is 15.8 Å². The summed E-state index contributed by atoms with van der Waals surface area (Å²) >= 11 is 3.64. The Morgan fingerprint density at radius 2 is 1.81 bits per heavy atom. The summed E-state index contributed by atoms with van der Waals surface area (Å²) < 4.78 is 41.7. The first kappa shape index (κ1) is 22.5. The molecule has 1 fully saturated rings. The number of alkyl halides is 3. The predicted molar refractivity (Wildman–Crippen MR) is 122 cm³/mol. The maximum atomic E-state index is 13.5. The molecule has 0 bridgehead atoms. The molecule has 0 unspecified atom stereocenters. The molecule has 0 atom stereocenters. The van der Waals surface area contributed by atoms with Crippen LogP contribution in [-0.2, 0) is 6.18 Å². The molecule has 2 heterocycles. The van der Waals surface area contributed by atoms with Crippen LogP contribution in [0.2, 0.25) is 0 Å². The van der Waals surface area contributed by atoms with Crippen LogP contribution in [0.25, 0.3) is 5.69 Å². The first-order valence-electron chi connectivity index (χ1n) is 9.66. The van der Waals surface area contributed by atoms with Crippen LogP contribution in [0.15, 0.2) is 59.4 Å². The van der Waals surface area contributed by atoms with E-state index in [2.05, 4.69) is 10.4 Å². The lowest BCUT2D eigenvalue weighted by Crippen LogP contribution is -2.27. The smallest absolute Gasteiger partial charge is 0.320 e. The van der Waals surface area contributed by atoms with Crippen LogP contribution in [0, 0.1) is 6.92 Å². The number of rotatable bonds is 4. The average molecular weight is 478 g/mol. The van der Waals surface area contributed by atoms with E-state index < -0.39 is 28.8 Å². The van der Waals surface area contributed by atoms with E-state index in [9.17, 15) is 22.8 Å². The van der Waals surface area contributed by atoms with Gasteiger partial charge in [-0.2, -0.15) is 18.3 Å². The van der Waals surface area contributed by atoms with E-state index in [1.54, 1.807) is 6.07 Å². The Kier molecular flexibility index (Phi) is 6.34. The van der Waals surface area contributed by atoms with Crippen LogP contribution >= 0.6 is 23.5 Å². The van der Waals surface area contributed by atoms with Crippen molar-refractivity contribution in [3.63, 3.8) is 0 Å². The fraction of sp³-hybridized carbons (Fsp3) is 0.227. The largest absolute Gasteiger partial charge is 0.418 e. The second-order valence-corrected chi connectivity index (χ2v) is 9.80. The maximum Gasteiger partial charge on any atom is 0.418 e. The van der Waals surface area contributed by atoms with Crippen LogP contribution in [0.5, 0.6) is 0 Å². The zero-order chi connectivity index (χ0) is 22.9. The number of carbonyl (C=O) groups excluding carboxylic acids is 1. The Balaban J connectivity index is 1.68. The van der Waals surface area contributed by atoms with Gasteiger partial charge in [-0.3, -0.25) is 9.59 Å². The van der Waals surface area contributed by atoms with Gasteiger partial charge in [-0.05, 0) is 36.8 Å². The van der Waals surface area contributed by atoms with E-state index in [0.29, 0.717) is 5.69 Å². The van der Waals surface area contributed by atoms with E-state index in [4.69, 9.17) is 0 Å². The third kappa shape index (κ3) is 4.71. The highest BCUT2D eigenvalue weighted by Crippen LogP contribution is 2.45. The number of nitrogens with one attached hydrogen (secondary N) is 1. The van der Waals surface area contributed by atoms with Crippen molar-refractivity contribution in [3.05, 3.63) is 87.3 Å². The molecule has 1 saturated heterocycles. The number of aryl methyl sites for hydroxylation is 1. The molecule has 5 nitrogen and oxygen atoms in total. The Morgan fingerprint density at radius 1 is 1.09 bits per heavy atom. The van der Waals surface area contributed by atoms with Gasteiger partial charge in [0.15, 0.2) is 5.69 Å². The molecule has 0 aliphatic carbocycles. The Bertz CT molecular complexity index is 1220. The number of hydrogen-bond donors (Lipinski definition) is 1. The fourth-order valence-corrected chi connectivity index (χ4v) is 6.19. The molecule has 3 aromatic rings. The molecule has 1 amide bonds. The summed E-state index contributed by atoms with van der Waals surface area (Å²) in [5.41, 5.74) is -0.607. The zero-order valence-corrected chi connectivity index (χ0v) is 18.5. The average Bonchev–Trinajstić information content (AvgIpc) is 3.28. The van der Waals surface area contributed by atoms with Gasteiger partial charge in [-0.15, -0.1) is 23.5 Å². The molecule has 10 heteroatoms. The van der Waals surface area contributed by atoms with E-state index in [1.165, 1.54) is 25.1 Å². The first-order valence-corrected chi connectivity index (χ1v) is 11.8. The van der Waals surface area contributed by atoms with Gasteiger partial charge in [0.25, 0.3) is 5.91 Å². The van der Waals surface area contributed by atoms with Crippen molar-refractivity contribution >= 4 is 35.1 Å². The van der Waals surface area contributed by atoms with Crippen molar-refractivity contribution in [2.75, 3.05) is 16.8 Å². The topological polar surface area (TPSA) is 64.0 Å². The molecular weight excluding hydrogens is 459 g/mol. The normalized spacial score (nSPS) is 14.5. The van der Waals surface area contributed by atoms with Crippen LogP contribution in [0.4, 0.5) is 18.9 Å². The predicted octanol–water partition coefficient (Wildman–Crippen LogP) is 5.29. The molecular formula is C22H18F3N3O2S2. The van der Waals surface area contributed by atoms with Gasteiger partial charge in [-0.25, -0.2) is 4.68 Å². The molecule has 1 aliphatic rings. The first-order chi connectivity index (χ1) is 15.2. The molecule has 1 aliphatic heterocycles. The van der Waals surface area contributed by atoms with Crippen LogP contribution in [-0.4, -0.2) is 27.2 Å². The lowest BCUT2D eigenvalue weighted by atomic mass is 10.1. The summed E-state index contributed by atoms with van der Waals surface area (Å²) in [6.07, 6.45) is -4.62. The second kappa shape index (κ2) is 9.03. The quantitative estimate of drug-likeness (QED) is 0.553. The Morgan fingerprint density at radius 3 is 2.53 bits per heavy atom. The van der Waals surface area contributed by atoms with Crippen LogP contribution < -0.4 is 10.7 Å². The number of halogens is 3. The second-order valence-electron chi connectivity index (χ2n) is 7.08.